The number of hydrogen-bond donors (Lipinski definition) is 2. The van der Waals surface area contributed by atoms with Gasteiger partial charge in [-0.15, -0.1) is 0 Å². The van der Waals surface area contributed by atoms with Gasteiger partial charge < -0.3 is 19.7 Å². The van der Waals surface area contributed by atoms with Crippen molar-refractivity contribution in [1.29, 1.82) is 0 Å². The van der Waals surface area contributed by atoms with Crippen molar-refractivity contribution in [2.75, 3.05) is 0 Å². The van der Waals surface area contributed by atoms with Crippen molar-refractivity contribution in [3.05, 3.63) is 155 Å². The monoisotopic (exact) mass is 584 g/mol. The predicted octanol–water partition coefficient (Wildman–Crippen LogP) is 6.47. The number of ether oxygens (including phenoxy) is 2. The fourth-order valence-corrected chi connectivity index (χ4v) is 3.28. The first-order chi connectivity index (χ1) is 21.1. The minimum Gasteiger partial charge on any atom is -0.508 e. The zero-order valence-corrected chi connectivity index (χ0v) is 24.6. The van der Waals surface area contributed by atoms with Gasteiger partial charge in [0.1, 0.15) is 18.1 Å². The number of phenolic OH excluding ortho intramolecular Hbond substituents is 1. The van der Waals surface area contributed by atoms with Gasteiger partial charge >= 0.3 is 11.9 Å². The summed E-state index contributed by atoms with van der Waals surface area (Å²) in [6.07, 6.45) is 0. The molecule has 4 aromatic rings. The molecule has 2 N–H and O–H groups in total. The first kappa shape index (κ1) is 32.7. The van der Waals surface area contributed by atoms with Crippen molar-refractivity contribution in [3.63, 3.8) is 0 Å². The fraction of sp³-hybridized carbons (Fsp3) is 0.105. The summed E-state index contributed by atoms with van der Waals surface area (Å²) in [6.45, 7) is 10.5. The molecule has 6 heteroatoms. The number of phenols is 1. The van der Waals surface area contributed by atoms with Crippen LogP contribution in [0.1, 0.15) is 47.2 Å². The standard InChI is InChI=1S/C23H20O4.C15H12O2/c1-16(2)22(24)26-15-20-9-7-18(8-10-20)5-6-19-11-13-21(14-12-19)27-23(25)17(3)4;16-11-14-5-3-12(4-6-14)1-2-13-7-9-15(17)10-8-13/h7-14H,1,3,15H2,2,4H3;3-10,16-17H,11H2. The Morgan fingerprint density at radius 3 is 1.41 bits per heavy atom. The van der Waals surface area contributed by atoms with E-state index in [0.29, 0.717) is 16.9 Å². The van der Waals surface area contributed by atoms with Crippen molar-refractivity contribution >= 4 is 11.9 Å². The second kappa shape index (κ2) is 16.6. The summed E-state index contributed by atoms with van der Waals surface area (Å²) in [5.74, 6) is 11.9. The van der Waals surface area contributed by atoms with Gasteiger partial charge in [0.15, 0.2) is 0 Å². The summed E-state index contributed by atoms with van der Waals surface area (Å²) in [6, 6.07) is 28.6. The van der Waals surface area contributed by atoms with Crippen LogP contribution < -0.4 is 4.74 Å². The number of esters is 2. The molecule has 6 nitrogen and oxygen atoms in total. The van der Waals surface area contributed by atoms with Crippen molar-refractivity contribution in [3.8, 4) is 35.2 Å². The van der Waals surface area contributed by atoms with Crippen LogP contribution in [0.5, 0.6) is 11.5 Å². The summed E-state index contributed by atoms with van der Waals surface area (Å²) in [4.78, 5) is 22.9. The van der Waals surface area contributed by atoms with Crippen LogP contribution in [0.3, 0.4) is 0 Å². The van der Waals surface area contributed by atoms with Crippen LogP contribution in [0.4, 0.5) is 0 Å². The van der Waals surface area contributed by atoms with Crippen LogP contribution in [-0.2, 0) is 27.5 Å². The number of hydrogen-bond acceptors (Lipinski definition) is 6. The van der Waals surface area contributed by atoms with Gasteiger partial charge in [0, 0.05) is 33.4 Å². The maximum absolute atomic E-state index is 11.5. The van der Waals surface area contributed by atoms with Gasteiger partial charge in [-0.2, -0.15) is 0 Å². The molecule has 0 aliphatic rings. The van der Waals surface area contributed by atoms with Gasteiger partial charge in [-0.25, -0.2) is 9.59 Å². The van der Waals surface area contributed by atoms with E-state index in [0.717, 1.165) is 33.4 Å². The molecule has 4 aromatic carbocycles. The number of carbonyl (C=O) groups excluding carboxylic acids is 2. The molecule has 220 valence electrons. The Hall–Kier alpha value is -5.82. The minimum absolute atomic E-state index is 0.0473. The highest BCUT2D eigenvalue weighted by Crippen LogP contribution is 2.14. The molecular formula is C38H32O6. The van der Waals surface area contributed by atoms with Crippen molar-refractivity contribution in [1.82, 2.24) is 0 Å². The summed E-state index contributed by atoms with van der Waals surface area (Å²) in [5.41, 5.74) is 5.85. The molecule has 0 saturated heterocycles. The summed E-state index contributed by atoms with van der Waals surface area (Å²) >= 11 is 0. The van der Waals surface area contributed by atoms with Gasteiger partial charge in [-0.3, -0.25) is 0 Å². The van der Waals surface area contributed by atoms with E-state index < -0.39 is 11.9 Å². The number of benzene rings is 4. The molecule has 0 atom stereocenters. The Labute approximate surface area is 257 Å². The van der Waals surface area contributed by atoms with Crippen LogP contribution in [0.15, 0.2) is 121 Å². The third-order valence-electron chi connectivity index (χ3n) is 5.79. The van der Waals surface area contributed by atoms with Gasteiger partial charge in [-0.05, 0) is 97.8 Å². The Morgan fingerprint density at radius 1 is 0.614 bits per heavy atom. The van der Waals surface area contributed by atoms with Crippen molar-refractivity contribution < 1.29 is 29.3 Å². The average Bonchev–Trinajstić information content (AvgIpc) is 3.04. The summed E-state index contributed by atoms with van der Waals surface area (Å²) in [7, 11) is 0. The highest BCUT2D eigenvalue weighted by atomic mass is 16.5. The topological polar surface area (TPSA) is 93.1 Å². The lowest BCUT2D eigenvalue weighted by atomic mass is 10.1. The molecule has 0 heterocycles. The van der Waals surface area contributed by atoms with Gasteiger partial charge in [0.25, 0.3) is 0 Å². The summed E-state index contributed by atoms with van der Waals surface area (Å²) < 4.78 is 10.2. The highest BCUT2D eigenvalue weighted by Gasteiger charge is 2.05. The Bertz CT molecular complexity index is 1720. The van der Waals surface area contributed by atoms with Crippen LogP contribution in [0.2, 0.25) is 0 Å². The first-order valence-corrected chi connectivity index (χ1v) is 13.5. The predicted molar refractivity (Wildman–Crippen MR) is 170 cm³/mol. The molecule has 0 bridgehead atoms. The lowest BCUT2D eigenvalue weighted by Crippen LogP contribution is -2.07. The molecule has 44 heavy (non-hydrogen) atoms. The Morgan fingerprint density at radius 2 is 1.00 bits per heavy atom. The second-order valence-electron chi connectivity index (χ2n) is 9.65. The van der Waals surface area contributed by atoms with E-state index in [1.54, 1.807) is 62.4 Å². The normalized spacial score (nSPS) is 9.52. The lowest BCUT2D eigenvalue weighted by Gasteiger charge is -2.04. The lowest BCUT2D eigenvalue weighted by molar-refractivity contribution is -0.140. The number of aromatic hydroxyl groups is 1. The van der Waals surface area contributed by atoms with Gasteiger partial charge in [0.05, 0.1) is 6.61 Å². The molecule has 0 aliphatic carbocycles. The van der Waals surface area contributed by atoms with E-state index in [4.69, 9.17) is 19.7 Å². The zero-order chi connectivity index (χ0) is 31.9. The largest absolute Gasteiger partial charge is 0.508 e. The molecular weight excluding hydrogens is 552 g/mol. The fourth-order valence-electron chi connectivity index (χ4n) is 3.28. The third kappa shape index (κ3) is 11.2. The van der Waals surface area contributed by atoms with E-state index in [2.05, 4.69) is 36.8 Å². The SMILES string of the molecule is C=C(C)C(=O)OCc1ccc(C#Cc2ccc(OC(=O)C(=C)C)cc2)cc1.OCc1ccc(C#Cc2ccc(O)cc2)cc1. The smallest absolute Gasteiger partial charge is 0.338 e. The molecule has 0 unspecified atom stereocenters. The van der Waals surface area contributed by atoms with Crippen LogP contribution in [-0.4, -0.2) is 22.2 Å². The van der Waals surface area contributed by atoms with E-state index in [1.165, 1.54) is 0 Å². The molecule has 0 fully saturated rings. The molecule has 0 aromatic heterocycles. The number of rotatable bonds is 6. The Kier molecular flexibility index (Phi) is 12.3. The molecule has 4 rings (SSSR count). The van der Waals surface area contributed by atoms with Crippen LogP contribution in [0, 0.1) is 23.7 Å². The van der Waals surface area contributed by atoms with Crippen molar-refractivity contribution in [2.24, 2.45) is 0 Å². The Balaban J connectivity index is 0.000000266. The number of aliphatic hydroxyl groups excluding tert-OH is 1. The van der Waals surface area contributed by atoms with Crippen LogP contribution >= 0.6 is 0 Å². The summed E-state index contributed by atoms with van der Waals surface area (Å²) in [5, 5.41) is 18.0. The number of aliphatic hydroxyl groups is 1. The van der Waals surface area contributed by atoms with Crippen LogP contribution in [0.25, 0.3) is 0 Å². The average molecular weight is 585 g/mol. The van der Waals surface area contributed by atoms with Crippen molar-refractivity contribution in [2.45, 2.75) is 27.1 Å². The quantitative estimate of drug-likeness (QED) is 0.117. The minimum atomic E-state index is -0.456. The van der Waals surface area contributed by atoms with E-state index in [-0.39, 0.29) is 19.0 Å². The maximum Gasteiger partial charge on any atom is 0.338 e. The zero-order valence-electron chi connectivity index (χ0n) is 24.6. The van der Waals surface area contributed by atoms with E-state index >= 15 is 0 Å². The third-order valence-corrected chi connectivity index (χ3v) is 5.79. The number of carbonyl (C=O) groups is 2. The molecule has 0 saturated carbocycles. The highest BCUT2D eigenvalue weighted by molar-refractivity contribution is 5.88. The molecule has 0 radical (unpaired) electrons. The maximum atomic E-state index is 11.5. The second-order valence-corrected chi connectivity index (χ2v) is 9.65. The van der Waals surface area contributed by atoms with Gasteiger partial charge in [0.2, 0.25) is 0 Å². The first-order valence-electron chi connectivity index (χ1n) is 13.5. The molecule has 0 aliphatic heterocycles. The van der Waals surface area contributed by atoms with E-state index in [1.807, 2.05) is 48.5 Å². The van der Waals surface area contributed by atoms with Gasteiger partial charge in [-0.1, -0.05) is 61.1 Å². The molecule has 0 amide bonds. The molecule has 0 spiro atoms. The van der Waals surface area contributed by atoms with E-state index in [9.17, 15) is 9.59 Å².